The quantitative estimate of drug-likeness (QED) is 0.736. The number of hydrogen-bond donors (Lipinski definition) is 1. The summed E-state index contributed by atoms with van der Waals surface area (Å²) in [7, 11) is 0. The third-order valence-electron chi connectivity index (χ3n) is 5.44. The van der Waals surface area contributed by atoms with Crippen LogP contribution in [0.2, 0.25) is 0 Å². The fraction of sp³-hybridized carbons (Fsp3) is 0.273. The van der Waals surface area contributed by atoms with Crippen molar-refractivity contribution in [1.29, 1.82) is 0 Å². The first-order chi connectivity index (χ1) is 13.3. The van der Waals surface area contributed by atoms with Crippen molar-refractivity contribution in [3.8, 4) is 22.8 Å². The maximum absolute atomic E-state index is 6.20. The Bertz CT molecular complexity index is 983. The summed E-state index contributed by atoms with van der Waals surface area (Å²) < 4.78 is 8.09. The van der Waals surface area contributed by atoms with Crippen LogP contribution >= 0.6 is 0 Å². The summed E-state index contributed by atoms with van der Waals surface area (Å²) in [6.07, 6.45) is 4.93. The van der Waals surface area contributed by atoms with Gasteiger partial charge in [0.2, 0.25) is 0 Å². The Hall–Kier alpha value is -3.08. The smallest absolute Gasteiger partial charge is 0.130 e. The van der Waals surface area contributed by atoms with Gasteiger partial charge in [-0.25, -0.2) is 0 Å². The van der Waals surface area contributed by atoms with Gasteiger partial charge in [-0.2, -0.15) is 5.10 Å². The lowest BCUT2D eigenvalue weighted by Gasteiger charge is -2.12. The number of fused-ring (bicyclic) bond motifs is 1. The Morgan fingerprint density at radius 1 is 0.926 bits per heavy atom. The SMILES string of the molecule is NC1=NCc2c1c(-c1ccc(Oc3ccccc3)cc1)nn2C1CCCC1. The maximum atomic E-state index is 6.20. The molecule has 1 aromatic heterocycles. The van der Waals surface area contributed by atoms with Gasteiger partial charge >= 0.3 is 0 Å². The number of rotatable bonds is 4. The van der Waals surface area contributed by atoms with Crippen LogP contribution < -0.4 is 10.5 Å². The molecular weight excluding hydrogens is 336 g/mol. The molecule has 2 aliphatic rings. The molecule has 0 radical (unpaired) electrons. The van der Waals surface area contributed by atoms with E-state index in [9.17, 15) is 0 Å². The monoisotopic (exact) mass is 358 g/mol. The van der Waals surface area contributed by atoms with Crippen LogP contribution in [0.4, 0.5) is 0 Å². The van der Waals surface area contributed by atoms with Gasteiger partial charge in [0.05, 0.1) is 23.8 Å². The molecule has 1 fully saturated rings. The second-order valence-corrected chi connectivity index (χ2v) is 7.19. The molecule has 5 heteroatoms. The second kappa shape index (κ2) is 6.58. The highest BCUT2D eigenvalue weighted by molar-refractivity contribution is 6.05. The summed E-state index contributed by atoms with van der Waals surface area (Å²) in [5.74, 6) is 2.24. The third kappa shape index (κ3) is 2.89. The van der Waals surface area contributed by atoms with E-state index in [0.29, 0.717) is 18.4 Å². The van der Waals surface area contributed by atoms with Crippen LogP contribution in [0.5, 0.6) is 11.5 Å². The number of amidine groups is 1. The van der Waals surface area contributed by atoms with E-state index >= 15 is 0 Å². The molecule has 1 aliphatic heterocycles. The summed E-state index contributed by atoms with van der Waals surface area (Å²) in [5, 5.41) is 4.96. The zero-order valence-corrected chi connectivity index (χ0v) is 15.1. The summed E-state index contributed by atoms with van der Waals surface area (Å²) in [6.45, 7) is 0.639. The average molecular weight is 358 g/mol. The van der Waals surface area contributed by atoms with Gasteiger partial charge in [0.15, 0.2) is 0 Å². The van der Waals surface area contributed by atoms with E-state index in [1.807, 2.05) is 54.6 Å². The highest BCUT2D eigenvalue weighted by Crippen LogP contribution is 2.37. The molecule has 0 unspecified atom stereocenters. The Kier molecular flexibility index (Phi) is 3.93. The Labute approximate surface area is 158 Å². The zero-order valence-electron chi connectivity index (χ0n) is 15.1. The van der Waals surface area contributed by atoms with E-state index in [-0.39, 0.29) is 0 Å². The molecule has 2 N–H and O–H groups in total. The Morgan fingerprint density at radius 3 is 2.37 bits per heavy atom. The van der Waals surface area contributed by atoms with Crippen molar-refractivity contribution in [1.82, 2.24) is 9.78 Å². The van der Waals surface area contributed by atoms with Crippen LogP contribution in [-0.4, -0.2) is 15.6 Å². The first-order valence-electron chi connectivity index (χ1n) is 9.54. The number of para-hydroxylation sites is 1. The molecule has 5 nitrogen and oxygen atoms in total. The minimum Gasteiger partial charge on any atom is -0.457 e. The molecule has 3 aromatic rings. The van der Waals surface area contributed by atoms with Crippen molar-refractivity contribution < 1.29 is 4.74 Å². The molecule has 1 aliphatic carbocycles. The van der Waals surface area contributed by atoms with Gasteiger partial charge in [-0.05, 0) is 49.2 Å². The van der Waals surface area contributed by atoms with Crippen LogP contribution in [0.1, 0.15) is 43.0 Å². The molecule has 5 rings (SSSR count). The fourth-order valence-corrected chi connectivity index (χ4v) is 4.09. The van der Waals surface area contributed by atoms with Crippen molar-refractivity contribution in [3.05, 3.63) is 65.9 Å². The van der Waals surface area contributed by atoms with Crippen molar-refractivity contribution >= 4 is 5.84 Å². The predicted molar refractivity (Wildman–Crippen MR) is 106 cm³/mol. The molecular formula is C22H22N4O. The topological polar surface area (TPSA) is 65.4 Å². The largest absolute Gasteiger partial charge is 0.457 e. The fourth-order valence-electron chi connectivity index (χ4n) is 4.09. The van der Waals surface area contributed by atoms with Gasteiger partial charge < -0.3 is 10.5 Å². The summed E-state index contributed by atoms with van der Waals surface area (Å²) in [4.78, 5) is 4.46. The number of hydrogen-bond acceptors (Lipinski definition) is 4. The Morgan fingerprint density at radius 2 is 1.63 bits per heavy atom. The van der Waals surface area contributed by atoms with Crippen LogP contribution in [0.15, 0.2) is 59.6 Å². The lowest BCUT2D eigenvalue weighted by Crippen LogP contribution is -2.11. The molecule has 0 spiro atoms. The molecule has 1 saturated carbocycles. The van der Waals surface area contributed by atoms with Gasteiger partial charge in [-0.15, -0.1) is 0 Å². The van der Waals surface area contributed by atoms with Crippen LogP contribution in [-0.2, 0) is 6.54 Å². The minimum atomic E-state index is 0.481. The van der Waals surface area contributed by atoms with Crippen LogP contribution in [0, 0.1) is 0 Å². The van der Waals surface area contributed by atoms with Gasteiger partial charge in [-0.1, -0.05) is 31.0 Å². The summed E-state index contributed by atoms with van der Waals surface area (Å²) in [6, 6.07) is 18.3. The predicted octanol–water partition coefficient (Wildman–Crippen LogP) is 4.68. The van der Waals surface area contributed by atoms with E-state index in [1.54, 1.807) is 0 Å². The average Bonchev–Trinajstić information content (AvgIpc) is 3.42. The normalized spacial score (nSPS) is 16.4. The van der Waals surface area contributed by atoms with E-state index in [4.69, 9.17) is 15.6 Å². The lowest BCUT2D eigenvalue weighted by atomic mass is 10.1. The van der Waals surface area contributed by atoms with E-state index in [1.165, 1.54) is 31.4 Å². The van der Waals surface area contributed by atoms with Crippen molar-refractivity contribution in [2.45, 2.75) is 38.3 Å². The lowest BCUT2D eigenvalue weighted by molar-refractivity contribution is 0.452. The van der Waals surface area contributed by atoms with E-state index in [2.05, 4.69) is 9.67 Å². The minimum absolute atomic E-state index is 0.481. The zero-order chi connectivity index (χ0) is 18.2. The Balaban J connectivity index is 1.47. The van der Waals surface area contributed by atoms with E-state index in [0.717, 1.165) is 28.3 Å². The maximum Gasteiger partial charge on any atom is 0.130 e. The number of ether oxygens (including phenoxy) is 1. The van der Waals surface area contributed by atoms with E-state index < -0.39 is 0 Å². The molecule has 27 heavy (non-hydrogen) atoms. The van der Waals surface area contributed by atoms with Gasteiger partial charge in [0, 0.05) is 5.56 Å². The molecule has 0 atom stereocenters. The second-order valence-electron chi connectivity index (χ2n) is 7.19. The van der Waals surface area contributed by atoms with Crippen molar-refractivity contribution in [2.75, 3.05) is 0 Å². The highest BCUT2D eigenvalue weighted by Gasteiger charge is 2.29. The molecule has 136 valence electrons. The molecule has 0 bridgehead atoms. The standard InChI is InChI=1S/C22H22N4O/c23-22-20-19(14-24-22)26(16-6-4-5-7-16)25-21(20)15-10-12-18(13-11-15)27-17-8-2-1-3-9-17/h1-3,8-13,16H,4-7,14H2,(H2,23,24). The number of benzene rings is 2. The molecule has 0 saturated heterocycles. The van der Waals surface area contributed by atoms with Crippen LogP contribution in [0.25, 0.3) is 11.3 Å². The summed E-state index contributed by atoms with van der Waals surface area (Å²) >= 11 is 0. The first-order valence-corrected chi connectivity index (χ1v) is 9.54. The van der Waals surface area contributed by atoms with Gasteiger partial charge in [-0.3, -0.25) is 9.67 Å². The van der Waals surface area contributed by atoms with Crippen LogP contribution in [0.3, 0.4) is 0 Å². The third-order valence-corrected chi connectivity index (χ3v) is 5.44. The molecule has 2 heterocycles. The van der Waals surface area contributed by atoms with Gasteiger partial charge in [0.1, 0.15) is 23.0 Å². The summed E-state index contributed by atoms with van der Waals surface area (Å²) in [5.41, 5.74) is 10.4. The first kappa shape index (κ1) is 16.1. The van der Waals surface area contributed by atoms with Gasteiger partial charge in [0.25, 0.3) is 0 Å². The molecule has 0 amide bonds. The number of aliphatic imine (C=N–C) groups is 1. The highest BCUT2D eigenvalue weighted by atomic mass is 16.5. The number of nitrogens with zero attached hydrogens (tertiary/aromatic N) is 3. The van der Waals surface area contributed by atoms with Crippen molar-refractivity contribution in [2.24, 2.45) is 10.7 Å². The number of aromatic nitrogens is 2. The van der Waals surface area contributed by atoms with Crippen molar-refractivity contribution in [3.63, 3.8) is 0 Å². The molecule has 2 aromatic carbocycles. The number of nitrogens with two attached hydrogens (primary N) is 1.